The molecular weight excluding hydrogens is 592 g/mol. The molecule has 0 unspecified atom stereocenters. The van der Waals surface area contributed by atoms with Crippen molar-refractivity contribution in [3.05, 3.63) is 71.4 Å². The van der Waals surface area contributed by atoms with Crippen molar-refractivity contribution in [1.29, 1.82) is 0 Å². The van der Waals surface area contributed by atoms with Gasteiger partial charge in [0.25, 0.3) is 5.91 Å². The summed E-state index contributed by atoms with van der Waals surface area (Å²) in [6.07, 6.45) is 9.39. The summed E-state index contributed by atoms with van der Waals surface area (Å²) in [5.41, 5.74) is 13.6. The largest absolute Gasteiger partial charge is 0.469 e. The third kappa shape index (κ3) is 10.5. The smallest absolute Gasteiger partial charge is 0.305 e. The second-order valence-electron chi connectivity index (χ2n) is 12.6. The molecule has 0 spiro atoms. The maximum atomic E-state index is 14.9. The van der Waals surface area contributed by atoms with Gasteiger partial charge in [-0.05, 0) is 37.3 Å². The first-order chi connectivity index (χ1) is 22.7. The van der Waals surface area contributed by atoms with Crippen LogP contribution in [0.2, 0.25) is 0 Å². The summed E-state index contributed by atoms with van der Waals surface area (Å²) < 4.78 is 4.84. The number of carbonyl (C=O) groups excluding carboxylic acids is 4. The van der Waals surface area contributed by atoms with E-state index in [0.29, 0.717) is 42.5 Å². The molecule has 5 N–H and O–H groups in total. The molecule has 0 fully saturated rings. The number of methoxy groups -OCH3 is 1. The first-order valence-corrected chi connectivity index (χ1v) is 17.3. The van der Waals surface area contributed by atoms with E-state index in [1.807, 2.05) is 61.5 Å². The van der Waals surface area contributed by atoms with E-state index in [-0.39, 0.29) is 25.7 Å². The number of hydrogen-bond acceptors (Lipinski definition) is 6. The van der Waals surface area contributed by atoms with Gasteiger partial charge >= 0.3 is 5.97 Å². The molecule has 9 heteroatoms. The van der Waals surface area contributed by atoms with Crippen LogP contribution < -0.4 is 11.5 Å². The number of ether oxygens (including phenoxy) is 1. The summed E-state index contributed by atoms with van der Waals surface area (Å²) in [6.45, 7) is 4.46. The minimum Gasteiger partial charge on any atom is -0.469 e. The van der Waals surface area contributed by atoms with Crippen molar-refractivity contribution >= 4 is 34.5 Å². The summed E-state index contributed by atoms with van der Waals surface area (Å²) in [4.78, 5) is 59.1. The van der Waals surface area contributed by atoms with Crippen LogP contribution in [-0.2, 0) is 25.5 Å². The lowest BCUT2D eigenvalue weighted by Crippen LogP contribution is -2.62. The molecule has 0 saturated heterocycles. The fourth-order valence-electron chi connectivity index (χ4n) is 6.43. The van der Waals surface area contributed by atoms with E-state index in [1.54, 1.807) is 4.90 Å². The van der Waals surface area contributed by atoms with E-state index in [0.717, 1.165) is 36.8 Å². The number of unbranched alkanes of at least 4 members (excludes halogenated alkanes) is 6. The number of nitrogens with two attached hydrogens (primary N) is 2. The minimum atomic E-state index is -1.99. The van der Waals surface area contributed by atoms with Crippen LogP contribution in [-0.4, -0.2) is 58.7 Å². The highest BCUT2D eigenvalue weighted by atomic mass is 16.5. The van der Waals surface area contributed by atoms with Crippen molar-refractivity contribution in [1.82, 2.24) is 9.88 Å². The van der Waals surface area contributed by atoms with Gasteiger partial charge in [0, 0.05) is 54.0 Å². The number of esters is 1. The van der Waals surface area contributed by atoms with Gasteiger partial charge in [-0.25, -0.2) is 0 Å². The van der Waals surface area contributed by atoms with E-state index in [2.05, 4.69) is 11.9 Å². The van der Waals surface area contributed by atoms with Crippen molar-refractivity contribution in [2.75, 3.05) is 13.7 Å². The molecule has 3 rings (SSSR count). The molecule has 9 nitrogen and oxygen atoms in total. The van der Waals surface area contributed by atoms with E-state index in [4.69, 9.17) is 16.2 Å². The lowest BCUT2D eigenvalue weighted by atomic mass is 9.81. The van der Waals surface area contributed by atoms with E-state index < -0.39 is 35.1 Å². The van der Waals surface area contributed by atoms with Gasteiger partial charge in [0.2, 0.25) is 5.91 Å². The average molecular weight is 647 g/mol. The first kappa shape index (κ1) is 37.5. The molecule has 2 atom stereocenters. The third-order valence-electron chi connectivity index (χ3n) is 8.94. The number of fused-ring (bicyclic) bond motifs is 1. The monoisotopic (exact) mass is 646 g/mol. The molecule has 47 heavy (non-hydrogen) atoms. The Labute approximate surface area is 279 Å². The molecular formula is C38H54N4O5. The predicted molar refractivity (Wildman–Crippen MR) is 187 cm³/mol. The number of nitrogens with zero attached hydrogens (tertiary/aromatic N) is 1. The molecule has 2 aromatic carbocycles. The molecule has 2 amide bonds. The summed E-state index contributed by atoms with van der Waals surface area (Å²) in [5, 5.41) is 0.679. The van der Waals surface area contributed by atoms with Crippen molar-refractivity contribution in [3.63, 3.8) is 0 Å². The highest BCUT2D eigenvalue weighted by molar-refractivity contribution is 6.23. The van der Waals surface area contributed by atoms with Gasteiger partial charge in [-0.1, -0.05) is 107 Å². The number of aromatic nitrogens is 1. The summed E-state index contributed by atoms with van der Waals surface area (Å²) >= 11 is 0. The number of rotatable bonds is 22. The summed E-state index contributed by atoms with van der Waals surface area (Å²) in [7, 11) is 1.30. The van der Waals surface area contributed by atoms with E-state index in [9.17, 15) is 19.2 Å². The standard InChI is InChI=1S/C38H54N4O5/c1-4-6-7-8-9-10-14-20-29(27-33(39)43)42(25-5-2)37(46)38(40,24-17-23-34(44)47-3)36(45)35-30-21-15-16-22-31(30)41-32(35)26-28-18-12-11-13-19-28/h11-13,15-16,18-19,21-22,29,41H,4-10,14,17,20,23-27,40H2,1-3H3,(H2,39,43)/t29-,38-/m0/s1. The number of primary amides is 1. The zero-order valence-electron chi connectivity index (χ0n) is 28.5. The zero-order valence-corrected chi connectivity index (χ0v) is 28.5. The molecule has 0 radical (unpaired) electrons. The lowest BCUT2D eigenvalue weighted by molar-refractivity contribution is -0.142. The Bertz CT molecular complexity index is 1450. The number of hydrogen-bond donors (Lipinski definition) is 3. The first-order valence-electron chi connectivity index (χ1n) is 17.3. The number of aromatic amines is 1. The van der Waals surface area contributed by atoms with Gasteiger partial charge in [-0.15, -0.1) is 0 Å². The van der Waals surface area contributed by atoms with Crippen LogP contribution in [0.1, 0.15) is 119 Å². The number of carbonyl (C=O) groups is 4. The number of benzene rings is 2. The SMILES string of the molecule is CCCCCCCCC[C@@H](CC(N)=O)N(CCC)C(=O)[C@](N)(CCCC(=O)OC)C(=O)c1c(Cc2ccccc2)[nH]c2ccccc12. The lowest BCUT2D eigenvalue weighted by Gasteiger charge is -2.38. The molecule has 256 valence electrons. The van der Waals surface area contributed by atoms with Crippen LogP contribution in [0, 0.1) is 0 Å². The van der Waals surface area contributed by atoms with Crippen molar-refractivity contribution in [2.24, 2.45) is 11.5 Å². The highest BCUT2D eigenvalue weighted by Crippen LogP contribution is 2.32. The molecule has 1 heterocycles. The van der Waals surface area contributed by atoms with Gasteiger partial charge in [0.15, 0.2) is 11.3 Å². The Morgan fingerprint density at radius 2 is 1.53 bits per heavy atom. The second kappa shape index (κ2) is 19.0. The molecule has 3 aromatic rings. The van der Waals surface area contributed by atoms with Crippen molar-refractivity contribution < 1.29 is 23.9 Å². The maximum absolute atomic E-state index is 14.9. The molecule has 0 bridgehead atoms. The van der Waals surface area contributed by atoms with Crippen LogP contribution in [0.25, 0.3) is 10.9 Å². The number of nitrogens with one attached hydrogen (secondary N) is 1. The van der Waals surface area contributed by atoms with E-state index in [1.165, 1.54) is 26.4 Å². The number of para-hydroxylation sites is 1. The van der Waals surface area contributed by atoms with Gasteiger partial charge in [-0.3, -0.25) is 19.2 Å². The number of ketones is 1. The third-order valence-corrected chi connectivity index (χ3v) is 8.94. The van der Waals surface area contributed by atoms with Gasteiger partial charge in [0.1, 0.15) is 0 Å². The Hall–Kier alpha value is -3.98. The van der Waals surface area contributed by atoms with Crippen molar-refractivity contribution in [2.45, 2.75) is 115 Å². The van der Waals surface area contributed by atoms with Crippen LogP contribution in [0.4, 0.5) is 0 Å². The highest BCUT2D eigenvalue weighted by Gasteiger charge is 2.47. The number of Topliss-reactive ketones (excluding diaryl/α,β-unsaturated/α-hetero) is 1. The fourth-order valence-corrected chi connectivity index (χ4v) is 6.43. The molecule has 0 aliphatic carbocycles. The predicted octanol–water partition coefficient (Wildman–Crippen LogP) is 6.61. The summed E-state index contributed by atoms with van der Waals surface area (Å²) in [5.74, 6) is -2.00. The topological polar surface area (TPSA) is 149 Å². The van der Waals surface area contributed by atoms with Gasteiger partial charge in [0.05, 0.1) is 7.11 Å². The molecule has 1 aromatic heterocycles. The Balaban J connectivity index is 2.03. The molecule has 0 aliphatic rings. The van der Waals surface area contributed by atoms with Crippen molar-refractivity contribution in [3.8, 4) is 0 Å². The summed E-state index contributed by atoms with van der Waals surface area (Å²) in [6, 6.07) is 16.8. The van der Waals surface area contributed by atoms with Gasteiger partial charge < -0.3 is 26.1 Å². The average Bonchev–Trinajstić information content (AvgIpc) is 3.43. The quantitative estimate of drug-likeness (QED) is 0.0484. The number of amides is 2. The Morgan fingerprint density at radius 1 is 0.872 bits per heavy atom. The Morgan fingerprint density at radius 3 is 2.19 bits per heavy atom. The maximum Gasteiger partial charge on any atom is 0.305 e. The van der Waals surface area contributed by atoms with Crippen LogP contribution in [0.15, 0.2) is 54.6 Å². The number of H-pyrrole nitrogens is 1. The minimum absolute atomic E-state index is 0.0112. The van der Waals surface area contributed by atoms with Crippen LogP contribution in [0.3, 0.4) is 0 Å². The normalized spacial score (nSPS) is 13.2. The second-order valence-corrected chi connectivity index (χ2v) is 12.6. The zero-order chi connectivity index (χ0) is 34.2. The Kier molecular flexibility index (Phi) is 15.1. The molecule has 0 saturated carbocycles. The fraction of sp³-hybridized carbons (Fsp3) is 0.526. The molecule has 0 aliphatic heterocycles. The van der Waals surface area contributed by atoms with Crippen LogP contribution >= 0.6 is 0 Å². The van der Waals surface area contributed by atoms with Gasteiger partial charge in [-0.2, -0.15) is 0 Å². The van der Waals surface area contributed by atoms with Crippen LogP contribution in [0.5, 0.6) is 0 Å². The van der Waals surface area contributed by atoms with E-state index >= 15 is 0 Å².